The lowest BCUT2D eigenvalue weighted by molar-refractivity contribution is 0.419. The minimum atomic E-state index is 0.562. The second-order valence-electron chi connectivity index (χ2n) is 4.52. The molecule has 4 nitrogen and oxygen atoms in total. The SMILES string of the molecule is CCCC(C)NCc1ccc(-c2ncon2)cc1. The summed E-state index contributed by atoms with van der Waals surface area (Å²) < 4.78 is 4.73. The van der Waals surface area contributed by atoms with Crippen molar-refractivity contribution in [2.24, 2.45) is 0 Å². The zero-order chi connectivity index (χ0) is 12.8. The monoisotopic (exact) mass is 245 g/mol. The predicted octanol–water partition coefficient (Wildman–Crippen LogP) is 3.01. The number of benzene rings is 1. The van der Waals surface area contributed by atoms with Gasteiger partial charge in [0.05, 0.1) is 0 Å². The summed E-state index contributed by atoms with van der Waals surface area (Å²) in [5.74, 6) is 0.633. The summed E-state index contributed by atoms with van der Waals surface area (Å²) >= 11 is 0. The van der Waals surface area contributed by atoms with Crippen LogP contribution in [0.15, 0.2) is 35.2 Å². The number of aromatic nitrogens is 2. The van der Waals surface area contributed by atoms with Crippen LogP contribution in [-0.4, -0.2) is 16.2 Å². The highest BCUT2D eigenvalue weighted by Crippen LogP contribution is 2.15. The zero-order valence-electron chi connectivity index (χ0n) is 10.9. The Hall–Kier alpha value is -1.68. The molecule has 0 fully saturated rings. The molecule has 0 aliphatic heterocycles. The third-order valence-corrected chi connectivity index (χ3v) is 2.95. The topological polar surface area (TPSA) is 51.0 Å². The minimum absolute atomic E-state index is 0.562. The van der Waals surface area contributed by atoms with Crippen LogP contribution in [0.4, 0.5) is 0 Å². The highest BCUT2D eigenvalue weighted by atomic mass is 16.5. The molecule has 1 aromatic carbocycles. The van der Waals surface area contributed by atoms with E-state index >= 15 is 0 Å². The summed E-state index contributed by atoms with van der Waals surface area (Å²) in [5, 5.41) is 7.32. The number of hydrogen-bond donors (Lipinski definition) is 1. The van der Waals surface area contributed by atoms with Gasteiger partial charge in [-0.15, -0.1) is 0 Å². The van der Waals surface area contributed by atoms with Gasteiger partial charge in [-0.25, -0.2) is 0 Å². The van der Waals surface area contributed by atoms with E-state index in [4.69, 9.17) is 4.52 Å². The molecule has 0 amide bonds. The lowest BCUT2D eigenvalue weighted by atomic mass is 10.1. The van der Waals surface area contributed by atoms with Crippen LogP contribution in [0.1, 0.15) is 32.3 Å². The fourth-order valence-electron chi connectivity index (χ4n) is 1.90. The van der Waals surface area contributed by atoms with Crippen molar-refractivity contribution in [2.75, 3.05) is 0 Å². The Bertz CT molecular complexity index is 450. The van der Waals surface area contributed by atoms with Crippen LogP contribution in [0, 0.1) is 0 Å². The van der Waals surface area contributed by atoms with Gasteiger partial charge in [0, 0.05) is 18.2 Å². The van der Waals surface area contributed by atoms with E-state index < -0.39 is 0 Å². The molecule has 0 bridgehead atoms. The maximum absolute atomic E-state index is 4.73. The molecule has 1 N–H and O–H groups in total. The lowest BCUT2D eigenvalue weighted by Crippen LogP contribution is -2.24. The minimum Gasteiger partial charge on any atom is -0.342 e. The highest BCUT2D eigenvalue weighted by Gasteiger charge is 2.03. The summed E-state index contributed by atoms with van der Waals surface area (Å²) in [6.45, 7) is 5.32. The van der Waals surface area contributed by atoms with Crippen LogP contribution < -0.4 is 5.32 Å². The predicted molar refractivity (Wildman–Crippen MR) is 70.9 cm³/mol. The Balaban J connectivity index is 1.92. The normalized spacial score (nSPS) is 12.6. The Kier molecular flexibility index (Phi) is 4.47. The van der Waals surface area contributed by atoms with Gasteiger partial charge in [0.25, 0.3) is 0 Å². The van der Waals surface area contributed by atoms with E-state index in [0.717, 1.165) is 12.1 Å². The van der Waals surface area contributed by atoms with Crippen molar-refractivity contribution in [1.29, 1.82) is 0 Å². The lowest BCUT2D eigenvalue weighted by Gasteiger charge is -2.12. The van der Waals surface area contributed by atoms with E-state index in [0.29, 0.717) is 11.9 Å². The van der Waals surface area contributed by atoms with Crippen molar-refractivity contribution in [3.8, 4) is 11.4 Å². The molecule has 18 heavy (non-hydrogen) atoms. The summed E-state index contributed by atoms with van der Waals surface area (Å²) in [6, 6.07) is 8.79. The van der Waals surface area contributed by atoms with Gasteiger partial charge in [0.1, 0.15) is 0 Å². The molecule has 2 rings (SSSR count). The zero-order valence-corrected chi connectivity index (χ0v) is 10.9. The van der Waals surface area contributed by atoms with Gasteiger partial charge in [0.15, 0.2) is 0 Å². The van der Waals surface area contributed by atoms with Gasteiger partial charge >= 0.3 is 0 Å². The average Bonchev–Trinajstić information content (AvgIpc) is 2.91. The molecule has 0 aliphatic carbocycles. The standard InChI is InChI=1S/C14H19N3O/c1-3-4-11(2)15-9-12-5-7-13(8-6-12)14-16-10-18-17-14/h5-8,10-11,15H,3-4,9H2,1-2H3. The molecule has 1 atom stereocenters. The van der Waals surface area contributed by atoms with E-state index in [-0.39, 0.29) is 0 Å². The van der Waals surface area contributed by atoms with Gasteiger partial charge in [-0.2, -0.15) is 4.98 Å². The molecule has 0 radical (unpaired) electrons. The Morgan fingerprint density at radius 1 is 1.28 bits per heavy atom. The molecule has 0 saturated heterocycles. The Morgan fingerprint density at radius 2 is 2.06 bits per heavy atom. The number of rotatable bonds is 6. The number of hydrogen-bond acceptors (Lipinski definition) is 4. The maximum atomic E-state index is 4.73. The van der Waals surface area contributed by atoms with Crippen LogP contribution in [0.3, 0.4) is 0 Å². The first kappa shape index (κ1) is 12.8. The van der Waals surface area contributed by atoms with E-state index in [1.807, 2.05) is 12.1 Å². The number of nitrogens with one attached hydrogen (secondary N) is 1. The van der Waals surface area contributed by atoms with Crippen molar-refractivity contribution in [1.82, 2.24) is 15.5 Å². The third kappa shape index (κ3) is 3.40. The van der Waals surface area contributed by atoms with Crippen LogP contribution in [0.25, 0.3) is 11.4 Å². The first-order chi connectivity index (χ1) is 8.79. The second kappa shape index (κ2) is 6.31. The van der Waals surface area contributed by atoms with Gasteiger partial charge in [-0.05, 0) is 18.9 Å². The van der Waals surface area contributed by atoms with Crippen molar-refractivity contribution in [2.45, 2.75) is 39.3 Å². The second-order valence-corrected chi connectivity index (χ2v) is 4.52. The van der Waals surface area contributed by atoms with E-state index in [2.05, 4.69) is 41.4 Å². The highest BCUT2D eigenvalue weighted by molar-refractivity contribution is 5.54. The molecule has 1 unspecified atom stereocenters. The quantitative estimate of drug-likeness (QED) is 0.850. The Morgan fingerprint density at radius 3 is 2.67 bits per heavy atom. The molecule has 96 valence electrons. The molecule has 0 saturated carbocycles. The van der Waals surface area contributed by atoms with Crippen LogP contribution >= 0.6 is 0 Å². The van der Waals surface area contributed by atoms with Gasteiger partial charge < -0.3 is 9.84 Å². The molecular weight excluding hydrogens is 226 g/mol. The van der Waals surface area contributed by atoms with Gasteiger partial charge in [-0.1, -0.05) is 42.8 Å². The van der Waals surface area contributed by atoms with Crippen LogP contribution in [0.5, 0.6) is 0 Å². The third-order valence-electron chi connectivity index (χ3n) is 2.95. The molecule has 1 aromatic heterocycles. The molecule has 1 heterocycles. The summed E-state index contributed by atoms with van der Waals surface area (Å²) in [4.78, 5) is 4.02. The molecule has 2 aromatic rings. The van der Waals surface area contributed by atoms with Crippen LogP contribution in [-0.2, 0) is 6.54 Å². The summed E-state index contributed by atoms with van der Waals surface area (Å²) in [7, 11) is 0. The summed E-state index contributed by atoms with van der Waals surface area (Å²) in [6.07, 6.45) is 3.77. The molecular formula is C14H19N3O. The first-order valence-corrected chi connectivity index (χ1v) is 6.38. The Labute approximate surface area is 107 Å². The largest absolute Gasteiger partial charge is 0.342 e. The molecule has 0 aliphatic rings. The van der Waals surface area contributed by atoms with Crippen molar-refractivity contribution < 1.29 is 4.52 Å². The van der Waals surface area contributed by atoms with E-state index in [1.165, 1.54) is 24.8 Å². The number of nitrogens with zero attached hydrogens (tertiary/aromatic N) is 2. The van der Waals surface area contributed by atoms with Crippen molar-refractivity contribution in [3.63, 3.8) is 0 Å². The smallest absolute Gasteiger partial charge is 0.214 e. The fraction of sp³-hybridized carbons (Fsp3) is 0.429. The summed E-state index contributed by atoms with van der Waals surface area (Å²) in [5.41, 5.74) is 2.25. The maximum Gasteiger partial charge on any atom is 0.214 e. The van der Waals surface area contributed by atoms with Crippen LogP contribution in [0.2, 0.25) is 0 Å². The van der Waals surface area contributed by atoms with Gasteiger partial charge in [0.2, 0.25) is 12.2 Å². The van der Waals surface area contributed by atoms with Gasteiger partial charge in [-0.3, -0.25) is 0 Å². The van der Waals surface area contributed by atoms with E-state index in [1.54, 1.807) is 0 Å². The van der Waals surface area contributed by atoms with Crippen molar-refractivity contribution in [3.05, 3.63) is 36.2 Å². The average molecular weight is 245 g/mol. The fourth-order valence-corrected chi connectivity index (χ4v) is 1.90. The van der Waals surface area contributed by atoms with E-state index in [9.17, 15) is 0 Å². The molecule has 0 spiro atoms. The molecule has 4 heteroatoms. The first-order valence-electron chi connectivity index (χ1n) is 6.38. The van der Waals surface area contributed by atoms with Crippen molar-refractivity contribution >= 4 is 0 Å².